The number of fused-ring (bicyclic) bond motifs is 1. The van der Waals surface area contributed by atoms with Gasteiger partial charge in [0, 0.05) is 10.9 Å². The summed E-state index contributed by atoms with van der Waals surface area (Å²) in [5, 5.41) is 26.2. The molecule has 4 aromatic rings. The monoisotopic (exact) mass is 365 g/mol. The van der Waals surface area contributed by atoms with Gasteiger partial charge in [-0.25, -0.2) is 0 Å². The molecule has 9 heteroatoms. The van der Waals surface area contributed by atoms with Crippen LogP contribution in [0.3, 0.4) is 0 Å². The molecule has 0 bridgehead atoms. The van der Waals surface area contributed by atoms with E-state index in [2.05, 4.69) is 31.8 Å². The number of alkyl halides is 2. The van der Waals surface area contributed by atoms with Crippen LogP contribution in [0.25, 0.3) is 10.9 Å². The fourth-order valence-electron chi connectivity index (χ4n) is 2.94. The Labute approximate surface area is 152 Å². The Morgan fingerprint density at radius 2 is 1.96 bits per heavy atom. The molecular weight excluding hydrogens is 352 g/mol. The lowest BCUT2D eigenvalue weighted by Gasteiger charge is -2.13. The minimum absolute atomic E-state index is 0.239. The fraction of sp³-hybridized carbons (Fsp3) is 0.167. The molecule has 27 heavy (non-hydrogen) atoms. The van der Waals surface area contributed by atoms with Crippen LogP contribution in [0.1, 0.15) is 28.2 Å². The number of nitrogens with one attached hydrogen (secondary N) is 1. The van der Waals surface area contributed by atoms with Crippen LogP contribution in [0.4, 0.5) is 8.78 Å². The quantitative estimate of drug-likeness (QED) is 0.600. The van der Waals surface area contributed by atoms with E-state index in [4.69, 9.17) is 5.26 Å². The Morgan fingerprint density at radius 3 is 2.63 bits per heavy atom. The van der Waals surface area contributed by atoms with Crippen LogP contribution in [0.5, 0.6) is 0 Å². The first-order valence-electron chi connectivity index (χ1n) is 8.07. The first-order chi connectivity index (χ1) is 13.0. The van der Waals surface area contributed by atoms with Gasteiger partial charge in [0.05, 0.1) is 29.4 Å². The summed E-state index contributed by atoms with van der Waals surface area (Å²) in [7, 11) is 0. The van der Waals surface area contributed by atoms with Crippen LogP contribution >= 0.6 is 0 Å². The summed E-state index contributed by atoms with van der Waals surface area (Å²) in [6, 6.07) is 13.5. The highest BCUT2D eigenvalue weighted by atomic mass is 19.3. The van der Waals surface area contributed by atoms with Crippen LogP contribution in [-0.4, -0.2) is 30.4 Å². The van der Waals surface area contributed by atoms with Gasteiger partial charge in [-0.15, -0.1) is 10.2 Å². The van der Waals surface area contributed by atoms with Gasteiger partial charge in [0.25, 0.3) is 0 Å². The number of H-pyrrole nitrogens is 1. The van der Waals surface area contributed by atoms with Gasteiger partial charge in [-0.2, -0.15) is 24.4 Å². The predicted molar refractivity (Wildman–Crippen MR) is 91.9 cm³/mol. The standard InChI is InChI=1S/C18H13F2N7/c1-11-15-7-6-14(18(19,20)17-22-25-26-23-17)8-16(15)27(24-11)10-13-4-2-12(9-21)3-5-13/h2-8H,10H2,1H3,(H,22,23,25,26). The molecule has 4 rings (SSSR count). The lowest BCUT2D eigenvalue weighted by atomic mass is 10.1. The zero-order valence-corrected chi connectivity index (χ0v) is 14.2. The average Bonchev–Trinajstić information content (AvgIpc) is 3.32. The zero-order valence-electron chi connectivity index (χ0n) is 14.2. The van der Waals surface area contributed by atoms with Crippen LogP contribution in [0.15, 0.2) is 42.5 Å². The molecule has 0 atom stereocenters. The Morgan fingerprint density at radius 1 is 1.19 bits per heavy atom. The molecule has 0 radical (unpaired) electrons. The van der Waals surface area contributed by atoms with Crippen LogP contribution in [0, 0.1) is 18.3 Å². The van der Waals surface area contributed by atoms with Gasteiger partial charge < -0.3 is 0 Å². The largest absolute Gasteiger partial charge is 0.335 e. The molecule has 7 nitrogen and oxygen atoms in total. The van der Waals surface area contributed by atoms with Crippen molar-refractivity contribution in [2.75, 3.05) is 0 Å². The third kappa shape index (κ3) is 2.91. The number of rotatable bonds is 4. The topological polar surface area (TPSA) is 96.1 Å². The van der Waals surface area contributed by atoms with E-state index in [1.807, 2.05) is 19.1 Å². The summed E-state index contributed by atoms with van der Waals surface area (Å²) >= 11 is 0. The summed E-state index contributed by atoms with van der Waals surface area (Å²) in [5.41, 5.74) is 2.55. The molecule has 0 amide bonds. The molecule has 0 spiro atoms. The van der Waals surface area contributed by atoms with Gasteiger partial charge in [-0.1, -0.05) is 24.3 Å². The fourth-order valence-corrected chi connectivity index (χ4v) is 2.94. The maximum Gasteiger partial charge on any atom is 0.335 e. The number of hydrogen-bond donors (Lipinski definition) is 1. The highest BCUT2D eigenvalue weighted by molar-refractivity contribution is 5.82. The van der Waals surface area contributed by atoms with Crippen molar-refractivity contribution < 1.29 is 8.78 Å². The van der Waals surface area contributed by atoms with Crippen LogP contribution in [-0.2, 0) is 12.5 Å². The van der Waals surface area contributed by atoms with E-state index < -0.39 is 11.7 Å². The molecule has 0 saturated heterocycles. The van der Waals surface area contributed by atoms with E-state index in [9.17, 15) is 8.78 Å². The number of hydrogen-bond acceptors (Lipinski definition) is 5. The normalized spacial score (nSPS) is 11.6. The molecule has 0 unspecified atom stereocenters. The summed E-state index contributed by atoms with van der Waals surface area (Å²) in [5.74, 6) is -4.06. The molecule has 2 aromatic heterocycles. The van der Waals surface area contributed by atoms with E-state index in [0.717, 1.165) is 16.6 Å². The van der Waals surface area contributed by atoms with Crippen LogP contribution < -0.4 is 0 Å². The second-order valence-electron chi connectivity index (χ2n) is 6.09. The number of aryl methyl sites for hydroxylation is 1. The van der Waals surface area contributed by atoms with Gasteiger partial charge in [0.15, 0.2) is 0 Å². The van der Waals surface area contributed by atoms with Crippen molar-refractivity contribution in [1.29, 1.82) is 5.26 Å². The number of nitrogens with zero attached hydrogens (tertiary/aromatic N) is 6. The molecule has 0 aliphatic carbocycles. The smallest absolute Gasteiger partial charge is 0.260 e. The maximum atomic E-state index is 14.7. The van der Waals surface area contributed by atoms with E-state index in [0.29, 0.717) is 17.6 Å². The molecule has 0 aliphatic rings. The van der Waals surface area contributed by atoms with Crippen molar-refractivity contribution in [3.05, 3.63) is 70.7 Å². The molecular formula is C18H13F2N7. The Balaban J connectivity index is 1.76. The molecule has 0 fully saturated rings. The summed E-state index contributed by atoms with van der Waals surface area (Å²) in [6.45, 7) is 2.22. The van der Waals surface area contributed by atoms with Crippen molar-refractivity contribution in [3.8, 4) is 6.07 Å². The molecule has 134 valence electrons. The Hall–Kier alpha value is -3.67. The number of tetrazole rings is 1. The number of halogens is 2. The zero-order chi connectivity index (χ0) is 19.0. The highest BCUT2D eigenvalue weighted by Crippen LogP contribution is 2.35. The molecule has 0 aliphatic heterocycles. The second-order valence-corrected chi connectivity index (χ2v) is 6.09. The second kappa shape index (κ2) is 6.25. The number of aromatic amines is 1. The lowest BCUT2D eigenvalue weighted by Crippen LogP contribution is -2.17. The van der Waals surface area contributed by atoms with Gasteiger partial charge >= 0.3 is 5.92 Å². The van der Waals surface area contributed by atoms with Crippen molar-refractivity contribution in [2.45, 2.75) is 19.4 Å². The lowest BCUT2D eigenvalue weighted by molar-refractivity contribution is 0.0330. The van der Waals surface area contributed by atoms with Crippen molar-refractivity contribution in [1.82, 2.24) is 30.4 Å². The van der Waals surface area contributed by atoms with E-state index in [1.54, 1.807) is 22.9 Å². The van der Waals surface area contributed by atoms with Crippen molar-refractivity contribution >= 4 is 10.9 Å². The maximum absolute atomic E-state index is 14.7. The summed E-state index contributed by atoms with van der Waals surface area (Å²) < 4.78 is 31.0. The van der Waals surface area contributed by atoms with Gasteiger partial charge in [-0.05, 0) is 35.9 Å². The van der Waals surface area contributed by atoms with Crippen molar-refractivity contribution in [3.63, 3.8) is 0 Å². The van der Waals surface area contributed by atoms with E-state index in [1.165, 1.54) is 12.1 Å². The van der Waals surface area contributed by atoms with Crippen LogP contribution in [0.2, 0.25) is 0 Å². The minimum atomic E-state index is -3.38. The van der Waals surface area contributed by atoms with Gasteiger partial charge in [0.2, 0.25) is 5.82 Å². The predicted octanol–water partition coefficient (Wildman–Crippen LogP) is 2.92. The van der Waals surface area contributed by atoms with Gasteiger partial charge in [0.1, 0.15) is 0 Å². The van der Waals surface area contributed by atoms with E-state index in [-0.39, 0.29) is 5.56 Å². The first-order valence-corrected chi connectivity index (χ1v) is 8.07. The van der Waals surface area contributed by atoms with E-state index >= 15 is 0 Å². The van der Waals surface area contributed by atoms with Gasteiger partial charge in [-0.3, -0.25) is 4.68 Å². The first kappa shape index (κ1) is 16.8. The molecule has 1 N–H and O–H groups in total. The number of aromatic nitrogens is 6. The number of nitriles is 1. The molecule has 0 saturated carbocycles. The number of benzene rings is 2. The average molecular weight is 365 g/mol. The molecule has 2 aromatic carbocycles. The third-order valence-corrected chi connectivity index (χ3v) is 4.34. The molecule has 2 heterocycles. The highest BCUT2D eigenvalue weighted by Gasteiger charge is 2.39. The SMILES string of the molecule is Cc1nn(Cc2ccc(C#N)cc2)c2cc(C(F)(F)c3nn[nH]n3)ccc12. The summed E-state index contributed by atoms with van der Waals surface area (Å²) in [6.07, 6.45) is 0. The Bertz CT molecular complexity index is 1140. The minimum Gasteiger partial charge on any atom is -0.260 e. The third-order valence-electron chi connectivity index (χ3n) is 4.34. The van der Waals surface area contributed by atoms with Crippen molar-refractivity contribution in [2.24, 2.45) is 0 Å². The summed E-state index contributed by atoms with van der Waals surface area (Å²) in [4.78, 5) is 0. The Kier molecular flexibility index (Phi) is 3.88.